The summed E-state index contributed by atoms with van der Waals surface area (Å²) in [7, 11) is 0. The number of rotatable bonds is 6. The van der Waals surface area contributed by atoms with E-state index in [4.69, 9.17) is 9.47 Å². The largest absolute Gasteiger partial charge is 0.508 e. The molecule has 0 bridgehead atoms. The molecule has 0 radical (unpaired) electrons. The van der Waals surface area contributed by atoms with Crippen molar-refractivity contribution in [3.8, 4) is 23.0 Å². The number of hydrogen-bond donors (Lipinski definition) is 2. The van der Waals surface area contributed by atoms with Crippen molar-refractivity contribution >= 4 is 61.9 Å². The van der Waals surface area contributed by atoms with E-state index in [1.807, 2.05) is 22.6 Å². The molecule has 8 heteroatoms. The molecule has 5 aromatic carbocycles. The number of halogens is 1. The summed E-state index contributed by atoms with van der Waals surface area (Å²) in [5.74, 6) is -1.16. The molecule has 0 saturated heterocycles. The summed E-state index contributed by atoms with van der Waals surface area (Å²) < 4.78 is 11.2. The predicted octanol–water partition coefficient (Wildman–Crippen LogP) is 6.46. The number of esters is 2. The van der Waals surface area contributed by atoms with Crippen LogP contribution in [0.25, 0.3) is 21.5 Å². The van der Waals surface area contributed by atoms with Crippen molar-refractivity contribution in [1.29, 1.82) is 0 Å². The average Bonchev–Trinajstić information content (AvgIpc) is 2.92. The molecule has 2 N–H and O–H groups in total. The van der Waals surface area contributed by atoms with Gasteiger partial charge in [-0.1, -0.05) is 46.9 Å². The summed E-state index contributed by atoms with van der Waals surface area (Å²) in [5, 5.41) is 22.3. The van der Waals surface area contributed by atoms with Crippen LogP contribution in [0.15, 0.2) is 91.0 Å². The van der Waals surface area contributed by atoms with Crippen molar-refractivity contribution < 1.29 is 34.1 Å². The molecular weight excluding hydrogens is 599 g/mol. The maximum absolute atomic E-state index is 12.9. The molecule has 0 aliphatic carbocycles. The van der Waals surface area contributed by atoms with Crippen LogP contribution >= 0.6 is 22.6 Å². The van der Waals surface area contributed by atoms with E-state index in [0.717, 1.165) is 21.5 Å². The molecule has 0 unspecified atom stereocenters. The second kappa shape index (κ2) is 10.5. The lowest BCUT2D eigenvalue weighted by Gasteiger charge is -2.12. The Morgan fingerprint density at radius 1 is 0.605 bits per heavy atom. The maximum atomic E-state index is 12.9. The quantitative estimate of drug-likeness (QED) is 0.0739. The van der Waals surface area contributed by atoms with Crippen molar-refractivity contribution in [1.82, 2.24) is 0 Å². The third-order valence-corrected chi connectivity index (χ3v) is 6.60. The van der Waals surface area contributed by atoms with Crippen molar-refractivity contribution in [2.45, 2.75) is 0 Å². The highest BCUT2D eigenvalue weighted by atomic mass is 127. The SMILES string of the molecule is O=C(Oc1ccc(OC(=O)c2ccc3cc(O)ccc3c2)c(C(=O)CI)c1)c1ccc2cc(O)ccc2c1. The first-order chi connectivity index (χ1) is 18.3. The van der Waals surface area contributed by atoms with Gasteiger partial charge >= 0.3 is 11.9 Å². The molecule has 0 aliphatic heterocycles. The van der Waals surface area contributed by atoms with Crippen LogP contribution in [0.2, 0.25) is 0 Å². The van der Waals surface area contributed by atoms with Gasteiger partial charge in [0.1, 0.15) is 23.0 Å². The smallest absolute Gasteiger partial charge is 0.343 e. The highest BCUT2D eigenvalue weighted by molar-refractivity contribution is 14.1. The van der Waals surface area contributed by atoms with Crippen LogP contribution in [-0.2, 0) is 0 Å². The molecule has 38 heavy (non-hydrogen) atoms. The first-order valence-electron chi connectivity index (χ1n) is 11.4. The molecule has 0 fully saturated rings. The highest BCUT2D eigenvalue weighted by Gasteiger charge is 2.19. The molecular formula is C30H19IO7. The normalized spacial score (nSPS) is 10.9. The third-order valence-electron chi connectivity index (χ3n) is 5.91. The minimum atomic E-state index is -0.658. The Morgan fingerprint density at radius 3 is 1.66 bits per heavy atom. The number of alkyl halides is 1. The van der Waals surface area contributed by atoms with E-state index >= 15 is 0 Å². The van der Waals surface area contributed by atoms with Crippen LogP contribution in [0.4, 0.5) is 0 Å². The van der Waals surface area contributed by atoms with E-state index in [1.54, 1.807) is 60.7 Å². The number of phenols is 2. The van der Waals surface area contributed by atoms with Gasteiger partial charge in [0.2, 0.25) is 0 Å². The maximum Gasteiger partial charge on any atom is 0.343 e. The minimum Gasteiger partial charge on any atom is -0.508 e. The minimum absolute atomic E-state index is 0.0489. The Kier molecular flexibility index (Phi) is 6.97. The number of carbonyl (C=O) groups is 3. The van der Waals surface area contributed by atoms with Gasteiger partial charge in [0.25, 0.3) is 0 Å². The Hall–Kier alpha value is -4.44. The number of ether oxygens (including phenoxy) is 2. The average molecular weight is 618 g/mol. The molecule has 188 valence electrons. The second-order valence-electron chi connectivity index (χ2n) is 8.49. The lowest BCUT2D eigenvalue weighted by atomic mass is 10.1. The molecule has 0 aliphatic rings. The first kappa shape index (κ1) is 25.2. The van der Waals surface area contributed by atoms with Crippen LogP contribution in [-0.4, -0.2) is 32.4 Å². The molecule has 7 nitrogen and oxygen atoms in total. The summed E-state index contributed by atoms with van der Waals surface area (Å²) in [6.07, 6.45) is 0. The zero-order valence-electron chi connectivity index (χ0n) is 19.7. The number of ketones is 1. The number of carbonyl (C=O) groups excluding carboxylic acids is 3. The lowest BCUT2D eigenvalue weighted by Crippen LogP contribution is -2.13. The Bertz CT molecular complexity index is 1740. The monoisotopic (exact) mass is 618 g/mol. The van der Waals surface area contributed by atoms with Gasteiger partial charge in [-0.15, -0.1) is 0 Å². The Balaban J connectivity index is 1.38. The van der Waals surface area contributed by atoms with Crippen LogP contribution in [0.5, 0.6) is 23.0 Å². The van der Waals surface area contributed by atoms with Gasteiger partial charge < -0.3 is 19.7 Å². The Labute approximate surface area is 230 Å². The summed E-state index contributed by atoms with van der Waals surface area (Å²) >= 11 is 1.91. The zero-order valence-corrected chi connectivity index (χ0v) is 21.8. The number of Topliss-reactive ketones (excluding diaryl/α,β-unsaturated/α-hetero) is 1. The standard InChI is InChI=1S/C30H19IO7/c31-16-27(34)26-15-25(37-29(35)21-3-1-19-13-23(32)7-5-17(19)11-21)9-10-28(26)38-30(36)22-4-2-20-14-24(33)8-6-18(20)12-22/h1-15,32-33H,16H2. The summed E-state index contributed by atoms with van der Waals surface area (Å²) in [5.41, 5.74) is 0.680. The molecule has 0 amide bonds. The molecule has 0 aromatic heterocycles. The predicted molar refractivity (Wildman–Crippen MR) is 151 cm³/mol. The number of phenolic OH excluding ortho intramolecular Hbond substituents is 2. The van der Waals surface area contributed by atoms with E-state index in [0.29, 0.717) is 5.56 Å². The number of hydrogen-bond acceptors (Lipinski definition) is 7. The van der Waals surface area contributed by atoms with Crippen LogP contribution < -0.4 is 9.47 Å². The van der Waals surface area contributed by atoms with Crippen LogP contribution in [0.1, 0.15) is 31.1 Å². The molecule has 0 atom stereocenters. The van der Waals surface area contributed by atoms with E-state index < -0.39 is 11.9 Å². The zero-order chi connectivity index (χ0) is 26.8. The van der Waals surface area contributed by atoms with E-state index in [-0.39, 0.29) is 44.3 Å². The van der Waals surface area contributed by atoms with Gasteiger partial charge in [-0.2, -0.15) is 0 Å². The fourth-order valence-electron chi connectivity index (χ4n) is 4.00. The van der Waals surface area contributed by atoms with E-state index in [1.165, 1.54) is 30.3 Å². The van der Waals surface area contributed by atoms with Gasteiger partial charge in [-0.25, -0.2) is 9.59 Å². The second-order valence-corrected chi connectivity index (χ2v) is 9.25. The van der Waals surface area contributed by atoms with E-state index in [9.17, 15) is 24.6 Å². The Morgan fingerprint density at radius 2 is 1.11 bits per heavy atom. The fraction of sp³-hybridized carbons (Fsp3) is 0.0333. The van der Waals surface area contributed by atoms with Crippen molar-refractivity contribution in [2.75, 3.05) is 4.43 Å². The summed E-state index contributed by atoms with van der Waals surface area (Å²) in [6.45, 7) is 0. The molecule has 0 heterocycles. The topological polar surface area (TPSA) is 110 Å². The van der Waals surface area contributed by atoms with Crippen molar-refractivity contribution in [2.24, 2.45) is 0 Å². The molecule has 0 saturated carbocycles. The van der Waals surface area contributed by atoms with Crippen molar-refractivity contribution in [3.63, 3.8) is 0 Å². The lowest BCUT2D eigenvalue weighted by molar-refractivity contribution is 0.0717. The summed E-state index contributed by atoms with van der Waals surface area (Å²) in [4.78, 5) is 38.3. The van der Waals surface area contributed by atoms with Crippen molar-refractivity contribution in [3.05, 3.63) is 108 Å². The number of fused-ring (bicyclic) bond motifs is 2. The van der Waals surface area contributed by atoms with Crippen LogP contribution in [0, 0.1) is 0 Å². The fourth-order valence-corrected chi connectivity index (χ4v) is 4.41. The highest BCUT2D eigenvalue weighted by Crippen LogP contribution is 2.29. The van der Waals surface area contributed by atoms with Gasteiger partial charge in [-0.3, -0.25) is 4.79 Å². The first-order valence-corrected chi connectivity index (χ1v) is 13.0. The van der Waals surface area contributed by atoms with Gasteiger partial charge in [0.05, 0.1) is 21.1 Å². The van der Waals surface area contributed by atoms with Gasteiger partial charge in [-0.05, 0) is 88.3 Å². The van der Waals surface area contributed by atoms with Gasteiger partial charge in [0, 0.05) is 0 Å². The van der Waals surface area contributed by atoms with E-state index in [2.05, 4.69) is 0 Å². The van der Waals surface area contributed by atoms with Gasteiger partial charge in [0.15, 0.2) is 5.78 Å². The van der Waals surface area contributed by atoms with Crippen LogP contribution in [0.3, 0.4) is 0 Å². The summed E-state index contributed by atoms with van der Waals surface area (Å²) in [6, 6.07) is 23.7. The molecule has 0 spiro atoms. The number of benzene rings is 5. The number of aromatic hydroxyl groups is 2. The molecule has 5 rings (SSSR count). The molecule has 5 aromatic rings. The third kappa shape index (κ3) is 5.30.